The van der Waals surface area contributed by atoms with Gasteiger partial charge in [-0.3, -0.25) is 0 Å². The SMILES string of the molecule is CCCCNC(C)CNC(=O)OC(C)(C)C. The van der Waals surface area contributed by atoms with Gasteiger partial charge in [-0.05, 0) is 40.7 Å². The van der Waals surface area contributed by atoms with Crippen molar-refractivity contribution in [3.05, 3.63) is 0 Å². The third kappa shape index (κ3) is 9.77. The summed E-state index contributed by atoms with van der Waals surface area (Å²) in [6.45, 7) is 11.4. The lowest BCUT2D eigenvalue weighted by Crippen LogP contribution is -2.41. The third-order valence-corrected chi connectivity index (χ3v) is 1.97. The van der Waals surface area contributed by atoms with Gasteiger partial charge in [0.2, 0.25) is 0 Å². The molecule has 0 spiro atoms. The topological polar surface area (TPSA) is 50.4 Å². The van der Waals surface area contributed by atoms with Crippen molar-refractivity contribution in [2.24, 2.45) is 0 Å². The first-order chi connectivity index (χ1) is 7.35. The molecule has 16 heavy (non-hydrogen) atoms. The molecular weight excluding hydrogens is 204 g/mol. The lowest BCUT2D eigenvalue weighted by Gasteiger charge is -2.21. The zero-order valence-corrected chi connectivity index (χ0v) is 11.2. The Morgan fingerprint density at radius 2 is 2.00 bits per heavy atom. The zero-order valence-electron chi connectivity index (χ0n) is 11.2. The number of rotatable bonds is 6. The van der Waals surface area contributed by atoms with Crippen LogP contribution in [0.4, 0.5) is 4.79 Å². The van der Waals surface area contributed by atoms with Gasteiger partial charge in [0, 0.05) is 12.6 Å². The van der Waals surface area contributed by atoms with Crippen molar-refractivity contribution >= 4 is 6.09 Å². The van der Waals surface area contributed by atoms with Gasteiger partial charge in [-0.1, -0.05) is 13.3 Å². The van der Waals surface area contributed by atoms with Crippen molar-refractivity contribution < 1.29 is 9.53 Å². The van der Waals surface area contributed by atoms with Crippen LogP contribution in [0.2, 0.25) is 0 Å². The van der Waals surface area contributed by atoms with Gasteiger partial charge in [0.15, 0.2) is 0 Å². The summed E-state index contributed by atoms with van der Waals surface area (Å²) >= 11 is 0. The maximum Gasteiger partial charge on any atom is 0.407 e. The number of unbranched alkanes of at least 4 members (excludes halogenated alkanes) is 1. The van der Waals surface area contributed by atoms with Gasteiger partial charge in [-0.25, -0.2) is 4.79 Å². The van der Waals surface area contributed by atoms with E-state index in [1.54, 1.807) is 0 Å². The maximum absolute atomic E-state index is 11.3. The van der Waals surface area contributed by atoms with E-state index in [1.807, 2.05) is 27.7 Å². The molecular formula is C12H26N2O2. The molecule has 1 amide bonds. The molecule has 0 saturated carbocycles. The molecule has 0 saturated heterocycles. The van der Waals surface area contributed by atoms with Crippen LogP contribution in [-0.2, 0) is 4.74 Å². The second kappa shape index (κ2) is 7.49. The largest absolute Gasteiger partial charge is 0.444 e. The summed E-state index contributed by atoms with van der Waals surface area (Å²) in [6.07, 6.45) is 1.99. The minimum Gasteiger partial charge on any atom is -0.444 e. The van der Waals surface area contributed by atoms with Crippen LogP contribution in [0.25, 0.3) is 0 Å². The summed E-state index contributed by atoms with van der Waals surface area (Å²) in [5.74, 6) is 0. The first-order valence-corrected chi connectivity index (χ1v) is 6.05. The van der Waals surface area contributed by atoms with Crippen molar-refractivity contribution in [1.82, 2.24) is 10.6 Å². The Kier molecular flexibility index (Phi) is 7.13. The number of hydrogen-bond acceptors (Lipinski definition) is 3. The molecule has 0 aliphatic carbocycles. The smallest absolute Gasteiger partial charge is 0.407 e. The summed E-state index contributed by atoms with van der Waals surface area (Å²) in [5, 5.41) is 6.07. The van der Waals surface area contributed by atoms with Crippen LogP contribution in [0.3, 0.4) is 0 Å². The molecule has 0 aliphatic heterocycles. The summed E-state index contributed by atoms with van der Waals surface area (Å²) in [6, 6.07) is 0.277. The van der Waals surface area contributed by atoms with Gasteiger partial charge in [-0.15, -0.1) is 0 Å². The van der Waals surface area contributed by atoms with E-state index in [9.17, 15) is 4.79 Å². The molecule has 96 valence electrons. The Morgan fingerprint density at radius 3 is 2.50 bits per heavy atom. The normalized spacial score (nSPS) is 13.3. The van der Waals surface area contributed by atoms with Gasteiger partial charge in [-0.2, -0.15) is 0 Å². The van der Waals surface area contributed by atoms with Crippen LogP contribution in [0.5, 0.6) is 0 Å². The van der Waals surface area contributed by atoms with Crippen LogP contribution >= 0.6 is 0 Å². The average Bonchev–Trinajstić information content (AvgIpc) is 2.12. The van der Waals surface area contributed by atoms with Crippen LogP contribution in [0.15, 0.2) is 0 Å². The summed E-state index contributed by atoms with van der Waals surface area (Å²) < 4.78 is 5.14. The molecule has 2 N–H and O–H groups in total. The number of nitrogens with one attached hydrogen (secondary N) is 2. The molecule has 0 rings (SSSR count). The van der Waals surface area contributed by atoms with Crippen LogP contribution in [0.1, 0.15) is 47.5 Å². The van der Waals surface area contributed by atoms with E-state index >= 15 is 0 Å². The van der Waals surface area contributed by atoms with Crippen molar-refractivity contribution in [2.45, 2.75) is 59.1 Å². The van der Waals surface area contributed by atoms with E-state index in [2.05, 4.69) is 17.6 Å². The number of carbonyl (C=O) groups excluding carboxylic acids is 1. The van der Waals surface area contributed by atoms with Crippen LogP contribution in [-0.4, -0.2) is 30.8 Å². The molecule has 0 aromatic rings. The standard InChI is InChI=1S/C12H26N2O2/c1-6-7-8-13-10(2)9-14-11(15)16-12(3,4)5/h10,13H,6-9H2,1-5H3,(H,14,15). The Morgan fingerprint density at radius 1 is 1.38 bits per heavy atom. The maximum atomic E-state index is 11.3. The summed E-state index contributed by atoms with van der Waals surface area (Å²) in [5.41, 5.74) is -0.428. The average molecular weight is 230 g/mol. The molecule has 1 unspecified atom stereocenters. The lowest BCUT2D eigenvalue weighted by molar-refractivity contribution is 0.0523. The molecule has 0 heterocycles. The molecule has 0 aliphatic rings. The highest BCUT2D eigenvalue weighted by Gasteiger charge is 2.16. The molecule has 0 fully saturated rings. The molecule has 4 nitrogen and oxygen atoms in total. The number of alkyl carbamates (subject to hydrolysis) is 1. The second-order valence-electron chi connectivity index (χ2n) is 5.09. The first kappa shape index (κ1) is 15.2. The van der Waals surface area contributed by atoms with E-state index in [1.165, 1.54) is 6.42 Å². The number of hydrogen-bond donors (Lipinski definition) is 2. The highest BCUT2D eigenvalue weighted by Crippen LogP contribution is 2.06. The predicted octanol–water partition coefficient (Wildman–Crippen LogP) is 2.29. The van der Waals surface area contributed by atoms with E-state index in [-0.39, 0.29) is 12.1 Å². The minimum absolute atomic E-state index is 0.277. The van der Waals surface area contributed by atoms with Crippen LogP contribution in [0, 0.1) is 0 Å². The van der Waals surface area contributed by atoms with Crippen molar-refractivity contribution in [2.75, 3.05) is 13.1 Å². The number of carbonyl (C=O) groups is 1. The fourth-order valence-electron chi connectivity index (χ4n) is 1.15. The second-order valence-corrected chi connectivity index (χ2v) is 5.09. The van der Waals surface area contributed by atoms with Crippen LogP contribution < -0.4 is 10.6 Å². The fourth-order valence-corrected chi connectivity index (χ4v) is 1.15. The van der Waals surface area contributed by atoms with E-state index in [4.69, 9.17) is 4.74 Å². The van der Waals surface area contributed by atoms with E-state index in [0.29, 0.717) is 6.54 Å². The summed E-state index contributed by atoms with van der Waals surface area (Å²) in [7, 11) is 0. The van der Waals surface area contributed by atoms with Gasteiger partial charge in [0.05, 0.1) is 0 Å². The fraction of sp³-hybridized carbons (Fsp3) is 0.917. The highest BCUT2D eigenvalue weighted by atomic mass is 16.6. The Bertz CT molecular complexity index is 200. The van der Waals surface area contributed by atoms with Gasteiger partial charge in [0.1, 0.15) is 5.60 Å². The van der Waals surface area contributed by atoms with Crippen molar-refractivity contribution in [3.8, 4) is 0 Å². The van der Waals surface area contributed by atoms with Gasteiger partial charge in [0.25, 0.3) is 0 Å². The number of ether oxygens (including phenoxy) is 1. The van der Waals surface area contributed by atoms with Gasteiger partial charge < -0.3 is 15.4 Å². The Balaban J connectivity index is 3.59. The number of amides is 1. The molecule has 0 aromatic carbocycles. The molecule has 0 bridgehead atoms. The summed E-state index contributed by atoms with van der Waals surface area (Å²) in [4.78, 5) is 11.3. The van der Waals surface area contributed by atoms with E-state index in [0.717, 1.165) is 13.0 Å². The molecule has 4 heteroatoms. The van der Waals surface area contributed by atoms with Crippen molar-refractivity contribution in [3.63, 3.8) is 0 Å². The monoisotopic (exact) mass is 230 g/mol. The van der Waals surface area contributed by atoms with Gasteiger partial charge >= 0.3 is 6.09 Å². The predicted molar refractivity (Wildman–Crippen MR) is 66.6 cm³/mol. The lowest BCUT2D eigenvalue weighted by atomic mass is 10.2. The Hall–Kier alpha value is -0.770. The zero-order chi connectivity index (χ0) is 12.6. The Labute approximate surface area is 99.1 Å². The minimum atomic E-state index is -0.428. The van der Waals surface area contributed by atoms with E-state index < -0.39 is 5.60 Å². The molecule has 1 atom stereocenters. The van der Waals surface area contributed by atoms with Crippen molar-refractivity contribution in [1.29, 1.82) is 0 Å². The molecule has 0 aromatic heterocycles. The third-order valence-electron chi connectivity index (χ3n) is 1.97. The highest BCUT2D eigenvalue weighted by molar-refractivity contribution is 5.67. The molecule has 0 radical (unpaired) electrons. The first-order valence-electron chi connectivity index (χ1n) is 6.05. The quantitative estimate of drug-likeness (QED) is 0.688.